The van der Waals surface area contributed by atoms with Crippen LogP contribution in [-0.2, 0) is 4.79 Å². The topological polar surface area (TPSA) is 114 Å². The van der Waals surface area contributed by atoms with E-state index in [1.165, 1.54) is 35.7 Å². The van der Waals surface area contributed by atoms with E-state index in [0.717, 1.165) is 0 Å². The minimum absolute atomic E-state index is 0.249. The first kappa shape index (κ1) is 21.6. The number of rotatable bonds is 7. The van der Waals surface area contributed by atoms with Gasteiger partial charge in [0, 0.05) is 23.3 Å². The zero-order valence-electron chi connectivity index (χ0n) is 17.6. The van der Waals surface area contributed by atoms with Crippen molar-refractivity contribution in [2.75, 3.05) is 16.0 Å². The predicted octanol–water partition coefficient (Wildman–Crippen LogP) is 4.01. The van der Waals surface area contributed by atoms with Gasteiger partial charge in [-0.15, -0.1) is 0 Å². The van der Waals surface area contributed by atoms with Gasteiger partial charge >= 0.3 is 0 Å². The van der Waals surface area contributed by atoms with E-state index in [9.17, 15) is 14.0 Å². The number of hydrogen-bond donors (Lipinski definition) is 3. The van der Waals surface area contributed by atoms with Gasteiger partial charge in [-0.1, -0.05) is 6.07 Å². The molecule has 0 fully saturated rings. The largest absolute Gasteiger partial charge is 0.339 e. The number of aromatic nitrogens is 4. The minimum Gasteiger partial charge on any atom is -0.339 e. The number of nitrogens with one attached hydrogen (secondary N) is 3. The highest BCUT2D eigenvalue weighted by Crippen LogP contribution is 2.21. The highest BCUT2D eigenvalue weighted by Gasteiger charge is 2.16. The molecule has 0 aliphatic heterocycles. The highest BCUT2D eigenvalue weighted by molar-refractivity contribution is 6.08. The lowest BCUT2D eigenvalue weighted by atomic mass is 10.2. The lowest BCUT2D eigenvalue weighted by molar-refractivity contribution is -0.119. The van der Waals surface area contributed by atoms with Crippen LogP contribution in [0.5, 0.6) is 0 Å². The molecule has 2 amide bonds. The summed E-state index contributed by atoms with van der Waals surface area (Å²) in [5.41, 5.74) is 1.87. The van der Waals surface area contributed by atoms with E-state index in [2.05, 4.69) is 31.0 Å². The third-order valence-corrected chi connectivity index (χ3v) is 4.76. The number of benzene rings is 2. The molecule has 1 atom stereocenters. The molecule has 2 aromatic heterocycles. The normalized spacial score (nSPS) is 11.5. The molecule has 0 radical (unpaired) electrons. The lowest BCUT2D eigenvalue weighted by Gasteiger charge is -2.13. The summed E-state index contributed by atoms with van der Waals surface area (Å²) in [6, 6.07) is 15.3. The summed E-state index contributed by atoms with van der Waals surface area (Å²) in [6.45, 7) is 1.71. The first-order valence-electron chi connectivity index (χ1n) is 10.0. The van der Waals surface area contributed by atoms with Crippen molar-refractivity contribution in [3.8, 4) is 0 Å². The molecular weight excluding hydrogens is 425 g/mol. The average Bonchev–Trinajstić information content (AvgIpc) is 3.35. The summed E-state index contributed by atoms with van der Waals surface area (Å²) in [4.78, 5) is 33.2. The van der Waals surface area contributed by atoms with E-state index in [1.54, 1.807) is 55.5 Å². The zero-order chi connectivity index (χ0) is 23.2. The Bertz CT molecular complexity index is 1260. The van der Waals surface area contributed by atoms with Crippen LogP contribution in [0.25, 0.3) is 0 Å². The smallest absolute Gasteiger partial charge is 0.259 e. The molecule has 0 aliphatic carbocycles. The van der Waals surface area contributed by atoms with E-state index < -0.39 is 17.8 Å². The van der Waals surface area contributed by atoms with Crippen LogP contribution < -0.4 is 16.0 Å². The number of amides is 2. The van der Waals surface area contributed by atoms with E-state index >= 15 is 0 Å². The van der Waals surface area contributed by atoms with Gasteiger partial charge in [0.2, 0.25) is 5.91 Å². The Morgan fingerprint density at radius 1 is 0.970 bits per heavy atom. The Balaban J connectivity index is 1.41. The number of carbonyl (C=O) groups is 2. The van der Waals surface area contributed by atoms with Gasteiger partial charge in [0.25, 0.3) is 5.91 Å². The van der Waals surface area contributed by atoms with Gasteiger partial charge < -0.3 is 16.0 Å². The van der Waals surface area contributed by atoms with E-state index in [1.807, 2.05) is 0 Å². The molecule has 2 aromatic carbocycles. The van der Waals surface area contributed by atoms with Crippen molar-refractivity contribution in [2.24, 2.45) is 0 Å². The van der Waals surface area contributed by atoms with Crippen molar-refractivity contribution in [3.05, 3.63) is 90.9 Å². The second-order valence-corrected chi connectivity index (χ2v) is 7.11. The molecular formula is C23H20FN7O2. The van der Waals surface area contributed by atoms with E-state index in [-0.39, 0.29) is 5.91 Å². The number of pyridine rings is 1. The zero-order valence-corrected chi connectivity index (χ0v) is 17.6. The van der Waals surface area contributed by atoms with Crippen molar-refractivity contribution in [3.63, 3.8) is 0 Å². The number of anilines is 4. The number of halogens is 1. The molecule has 9 nitrogen and oxygen atoms in total. The minimum atomic E-state index is -0.526. The highest BCUT2D eigenvalue weighted by atomic mass is 19.1. The Labute approximate surface area is 188 Å². The molecule has 3 N–H and O–H groups in total. The maximum Gasteiger partial charge on any atom is 0.259 e. The van der Waals surface area contributed by atoms with Gasteiger partial charge in [-0.25, -0.2) is 19.0 Å². The molecule has 10 heteroatoms. The van der Waals surface area contributed by atoms with Gasteiger partial charge in [-0.2, -0.15) is 5.10 Å². The SMILES string of the molecule is CC(C(=O)Nc1ccc(NC(=O)c2cccnc2Nc2cccc(F)c2)cc1)n1cncn1. The number of carbonyl (C=O) groups excluding carboxylic acids is 2. The van der Waals surface area contributed by atoms with Crippen LogP contribution in [-0.4, -0.2) is 31.6 Å². The van der Waals surface area contributed by atoms with Crippen LogP contribution in [0.1, 0.15) is 23.3 Å². The maximum absolute atomic E-state index is 13.5. The fourth-order valence-electron chi connectivity index (χ4n) is 3.01. The molecule has 1 unspecified atom stereocenters. The summed E-state index contributed by atoms with van der Waals surface area (Å²) < 4.78 is 14.9. The van der Waals surface area contributed by atoms with Crippen molar-refractivity contribution in [1.29, 1.82) is 0 Å². The quantitative estimate of drug-likeness (QED) is 0.396. The van der Waals surface area contributed by atoms with Crippen LogP contribution in [0, 0.1) is 5.82 Å². The van der Waals surface area contributed by atoms with Crippen LogP contribution in [0.15, 0.2) is 79.5 Å². The fraction of sp³-hybridized carbons (Fsp3) is 0.0870. The first-order chi connectivity index (χ1) is 16.0. The first-order valence-corrected chi connectivity index (χ1v) is 10.0. The molecule has 0 saturated heterocycles. The monoisotopic (exact) mass is 445 g/mol. The Morgan fingerprint density at radius 2 is 1.73 bits per heavy atom. The van der Waals surface area contributed by atoms with E-state index in [4.69, 9.17) is 0 Å². The summed E-state index contributed by atoms with van der Waals surface area (Å²) in [5, 5.41) is 12.5. The molecule has 33 heavy (non-hydrogen) atoms. The van der Waals surface area contributed by atoms with Gasteiger partial charge in [-0.05, 0) is 61.5 Å². The van der Waals surface area contributed by atoms with Crippen LogP contribution >= 0.6 is 0 Å². The number of nitrogens with zero attached hydrogens (tertiary/aromatic N) is 4. The van der Waals surface area contributed by atoms with Crippen molar-refractivity contribution in [2.45, 2.75) is 13.0 Å². The van der Waals surface area contributed by atoms with Crippen LogP contribution in [0.4, 0.5) is 27.3 Å². The van der Waals surface area contributed by atoms with Gasteiger partial charge in [0.05, 0.1) is 5.56 Å². The maximum atomic E-state index is 13.5. The lowest BCUT2D eigenvalue weighted by Crippen LogP contribution is -2.24. The summed E-state index contributed by atoms with van der Waals surface area (Å²) in [7, 11) is 0. The van der Waals surface area contributed by atoms with Crippen molar-refractivity contribution < 1.29 is 14.0 Å². The third kappa shape index (κ3) is 5.37. The van der Waals surface area contributed by atoms with Crippen molar-refractivity contribution >= 4 is 34.7 Å². The molecule has 0 aliphatic rings. The average molecular weight is 445 g/mol. The van der Waals surface area contributed by atoms with Crippen LogP contribution in [0.2, 0.25) is 0 Å². The summed E-state index contributed by atoms with van der Waals surface area (Å²) in [6.07, 6.45) is 4.37. The van der Waals surface area contributed by atoms with Crippen LogP contribution in [0.3, 0.4) is 0 Å². The Hall–Kier alpha value is -4.60. The molecule has 0 spiro atoms. The molecule has 2 heterocycles. The van der Waals surface area contributed by atoms with Gasteiger partial charge in [-0.3, -0.25) is 9.59 Å². The second-order valence-electron chi connectivity index (χ2n) is 7.11. The standard InChI is InChI=1S/C23H20FN7O2/c1-15(31-14-25-13-27-31)22(32)29-17-7-9-18(10-8-17)30-23(33)20-6-3-11-26-21(20)28-19-5-2-4-16(24)12-19/h2-15H,1H3,(H,26,28)(H,29,32)(H,30,33). The van der Waals surface area contributed by atoms with Gasteiger partial charge in [0.1, 0.15) is 30.3 Å². The van der Waals surface area contributed by atoms with Gasteiger partial charge in [0.15, 0.2) is 0 Å². The molecule has 4 rings (SSSR count). The predicted molar refractivity (Wildman–Crippen MR) is 122 cm³/mol. The summed E-state index contributed by atoms with van der Waals surface area (Å²) >= 11 is 0. The molecule has 0 bridgehead atoms. The second kappa shape index (κ2) is 9.69. The Morgan fingerprint density at radius 3 is 2.42 bits per heavy atom. The third-order valence-electron chi connectivity index (χ3n) is 4.76. The molecule has 0 saturated carbocycles. The van der Waals surface area contributed by atoms with E-state index in [0.29, 0.717) is 28.4 Å². The molecule has 4 aromatic rings. The van der Waals surface area contributed by atoms with Crippen molar-refractivity contribution in [1.82, 2.24) is 19.7 Å². The summed E-state index contributed by atoms with van der Waals surface area (Å²) in [5.74, 6) is -0.740. The molecule has 166 valence electrons. The Kier molecular flexibility index (Phi) is 6.35. The fourth-order valence-corrected chi connectivity index (χ4v) is 3.01. The number of hydrogen-bond acceptors (Lipinski definition) is 6.